The second kappa shape index (κ2) is 5.99. The first-order chi connectivity index (χ1) is 7.27. The van der Waals surface area contributed by atoms with Gasteiger partial charge in [-0.25, -0.2) is 0 Å². The average Bonchev–Trinajstić information content (AvgIpc) is 2.24. The highest BCUT2D eigenvalue weighted by Crippen LogP contribution is 1.97. The largest absolute Gasteiger partial charge is 1.00 e. The maximum atomic E-state index is 2.26. The van der Waals surface area contributed by atoms with Crippen LogP contribution in [0.4, 0.5) is 0 Å². The van der Waals surface area contributed by atoms with Crippen LogP contribution in [0.5, 0.6) is 0 Å². The molecule has 0 aliphatic heterocycles. The molecule has 2 rings (SSSR count). The van der Waals surface area contributed by atoms with Crippen LogP contribution in [0.1, 0.15) is 11.1 Å². The van der Waals surface area contributed by atoms with Crippen LogP contribution in [-0.2, 0) is 0 Å². The van der Waals surface area contributed by atoms with Gasteiger partial charge in [-0.15, -0.1) is 0 Å². The van der Waals surface area contributed by atoms with Crippen LogP contribution in [0.3, 0.4) is 0 Å². The fourth-order valence-corrected chi connectivity index (χ4v) is 4.03. The summed E-state index contributed by atoms with van der Waals surface area (Å²) in [6.07, 6.45) is 0. The zero-order valence-electron chi connectivity index (χ0n) is 9.37. The molecule has 0 aliphatic carbocycles. The Labute approximate surface area is 106 Å². The summed E-state index contributed by atoms with van der Waals surface area (Å²) in [6.45, 7) is 4.40. The first-order valence-corrected chi connectivity index (χ1v) is 7.19. The average molecular weight is 328 g/mol. The lowest BCUT2D eigenvalue weighted by atomic mass is 10.2. The molecule has 84 valence electrons. The summed E-state index contributed by atoms with van der Waals surface area (Å²) in [5.41, 5.74) is 2.85. The predicted molar refractivity (Wildman–Crippen MR) is 59.8 cm³/mol. The van der Waals surface area contributed by atoms with Crippen molar-refractivity contribution in [3.05, 3.63) is 66.8 Å². The van der Waals surface area contributed by atoms with Crippen molar-refractivity contribution in [3.8, 4) is 0 Å². The minimum absolute atomic E-state index is 0. The van der Waals surface area contributed by atoms with Crippen molar-refractivity contribution in [2.45, 2.75) is 13.8 Å². The molecular weight excluding hydrogens is 314 g/mol. The van der Waals surface area contributed by atoms with Gasteiger partial charge in [0.15, 0.2) is 7.14 Å². The van der Waals surface area contributed by atoms with Gasteiger partial charge in [0.25, 0.3) is 0 Å². The zero-order chi connectivity index (χ0) is 10.7. The van der Waals surface area contributed by atoms with Crippen molar-refractivity contribution in [1.82, 2.24) is 0 Å². The van der Waals surface area contributed by atoms with Crippen LogP contribution in [0.2, 0.25) is 0 Å². The standard InChI is InChI=1S/C14H14I.FH/c1-11-7-3-5-9-13(11)15-14-10-6-4-8-12(14)2;/h3-10H,1-2H3;1H/q+1;/p-1. The fraction of sp³-hybridized carbons (Fsp3) is 0.143. The Balaban J connectivity index is 0.00000128. The molecule has 0 N–H and O–H groups in total. The first kappa shape index (κ1) is 13.2. The van der Waals surface area contributed by atoms with Crippen molar-refractivity contribution in [3.63, 3.8) is 0 Å². The minimum atomic E-state index is -0.0147. The molecule has 0 aromatic heterocycles. The minimum Gasteiger partial charge on any atom is -1.00 e. The van der Waals surface area contributed by atoms with Crippen molar-refractivity contribution < 1.29 is 25.9 Å². The van der Waals surface area contributed by atoms with Gasteiger partial charge in [-0.1, -0.05) is 36.4 Å². The van der Waals surface area contributed by atoms with E-state index >= 15 is 0 Å². The highest BCUT2D eigenvalue weighted by Gasteiger charge is 2.18. The van der Waals surface area contributed by atoms with Crippen LogP contribution in [-0.4, -0.2) is 0 Å². The molecule has 0 fully saturated rings. The molecule has 0 atom stereocenters. The summed E-state index contributed by atoms with van der Waals surface area (Å²) in [4.78, 5) is 0. The fourth-order valence-electron chi connectivity index (χ4n) is 1.42. The molecule has 0 spiro atoms. The van der Waals surface area contributed by atoms with Crippen molar-refractivity contribution in [1.29, 1.82) is 0 Å². The Morgan fingerprint density at radius 1 is 0.688 bits per heavy atom. The lowest BCUT2D eigenvalue weighted by Crippen LogP contribution is -3.62. The maximum Gasteiger partial charge on any atom is 0.358 e. The Kier molecular flexibility index (Phi) is 4.93. The molecule has 16 heavy (non-hydrogen) atoms. The van der Waals surface area contributed by atoms with Gasteiger partial charge in [-0.2, -0.15) is 0 Å². The quantitative estimate of drug-likeness (QED) is 0.532. The molecule has 2 heteroatoms. The molecule has 0 saturated heterocycles. The van der Waals surface area contributed by atoms with E-state index in [2.05, 4.69) is 62.4 Å². The van der Waals surface area contributed by atoms with Crippen LogP contribution >= 0.6 is 0 Å². The lowest BCUT2D eigenvalue weighted by molar-refractivity contribution is -0.598. The number of rotatable bonds is 2. The summed E-state index contributed by atoms with van der Waals surface area (Å²) in [5.74, 6) is 0. The van der Waals surface area contributed by atoms with E-state index in [9.17, 15) is 0 Å². The van der Waals surface area contributed by atoms with E-state index in [0.717, 1.165) is 0 Å². The summed E-state index contributed by atoms with van der Waals surface area (Å²) in [5, 5.41) is 0. The number of hydrogen-bond acceptors (Lipinski definition) is 0. The van der Waals surface area contributed by atoms with Crippen molar-refractivity contribution in [2.75, 3.05) is 0 Å². The monoisotopic (exact) mass is 328 g/mol. The molecule has 2 aromatic carbocycles. The molecular formula is C14H14FI. The Bertz CT molecular complexity index is 422. The van der Waals surface area contributed by atoms with Crippen LogP contribution in [0.15, 0.2) is 48.5 Å². The van der Waals surface area contributed by atoms with E-state index < -0.39 is 0 Å². The van der Waals surface area contributed by atoms with Gasteiger partial charge in [0.1, 0.15) is 0 Å². The molecule has 0 heterocycles. The van der Waals surface area contributed by atoms with E-state index in [1.54, 1.807) is 0 Å². The first-order valence-electron chi connectivity index (χ1n) is 5.03. The maximum absolute atomic E-state index is 2.26. The van der Waals surface area contributed by atoms with Gasteiger partial charge < -0.3 is 4.70 Å². The van der Waals surface area contributed by atoms with Gasteiger partial charge in [-0.05, 0) is 26.0 Å². The number of halogens is 2. The molecule has 0 saturated carbocycles. The Morgan fingerprint density at radius 2 is 1.06 bits per heavy atom. The topological polar surface area (TPSA) is 0 Å². The summed E-state index contributed by atoms with van der Waals surface area (Å²) in [6, 6.07) is 17.4. The molecule has 0 aliphatic rings. The molecule has 2 aromatic rings. The van der Waals surface area contributed by atoms with Gasteiger partial charge in [-0.3, -0.25) is 0 Å². The third kappa shape index (κ3) is 3.04. The van der Waals surface area contributed by atoms with Gasteiger partial charge in [0.05, 0.1) is 0 Å². The Morgan fingerprint density at radius 3 is 1.44 bits per heavy atom. The van der Waals surface area contributed by atoms with E-state index in [0.29, 0.717) is 0 Å². The predicted octanol–water partition coefficient (Wildman–Crippen LogP) is -2.56. The SMILES string of the molecule is Cc1ccccc1[I+]c1ccccc1C.[F-]. The molecule has 0 amide bonds. The normalized spacial score (nSPS) is 9.62. The van der Waals surface area contributed by atoms with Crippen LogP contribution in [0, 0.1) is 21.0 Å². The summed E-state index contributed by atoms with van der Waals surface area (Å²) < 4.78 is 3.07. The van der Waals surface area contributed by atoms with Gasteiger partial charge in [0, 0.05) is 11.1 Å². The lowest BCUT2D eigenvalue weighted by Gasteiger charge is -1.94. The van der Waals surface area contributed by atoms with Crippen LogP contribution in [0.25, 0.3) is 0 Å². The molecule has 0 radical (unpaired) electrons. The van der Waals surface area contributed by atoms with Crippen molar-refractivity contribution >= 4 is 0 Å². The molecule has 0 nitrogen and oxygen atoms in total. The molecule has 0 bridgehead atoms. The van der Waals surface area contributed by atoms with Gasteiger partial charge >= 0.3 is 21.2 Å². The number of aryl methyl sites for hydroxylation is 2. The second-order valence-corrected chi connectivity index (χ2v) is 6.46. The smallest absolute Gasteiger partial charge is 0.358 e. The third-order valence-corrected chi connectivity index (χ3v) is 5.94. The molecule has 0 unspecified atom stereocenters. The summed E-state index contributed by atoms with van der Waals surface area (Å²) in [7, 11) is 0. The second-order valence-electron chi connectivity index (χ2n) is 3.59. The Hall–Kier alpha value is -0.900. The zero-order valence-corrected chi connectivity index (χ0v) is 11.5. The van der Waals surface area contributed by atoms with E-state index in [-0.39, 0.29) is 25.9 Å². The third-order valence-electron chi connectivity index (χ3n) is 2.36. The van der Waals surface area contributed by atoms with E-state index in [1.165, 1.54) is 18.3 Å². The van der Waals surface area contributed by atoms with E-state index in [1.807, 2.05) is 0 Å². The highest BCUT2D eigenvalue weighted by molar-refractivity contribution is 5.14. The summed E-state index contributed by atoms with van der Waals surface area (Å²) >= 11 is -0.0147. The van der Waals surface area contributed by atoms with Crippen molar-refractivity contribution in [2.24, 2.45) is 0 Å². The van der Waals surface area contributed by atoms with Crippen LogP contribution < -0.4 is 25.9 Å². The van der Waals surface area contributed by atoms with Gasteiger partial charge in [0.2, 0.25) is 0 Å². The van der Waals surface area contributed by atoms with E-state index in [4.69, 9.17) is 0 Å². The number of hydrogen-bond donors (Lipinski definition) is 0. The number of benzene rings is 2. The highest BCUT2D eigenvalue weighted by atomic mass is 127.